The highest BCUT2D eigenvalue weighted by molar-refractivity contribution is 6.20. The van der Waals surface area contributed by atoms with Crippen molar-refractivity contribution in [2.24, 2.45) is 0 Å². The molecule has 0 amide bonds. The van der Waals surface area contributed by atoms with Crippen LogP contribution >= 0.6 is 0 Å². The summed E-state index contributed by atoms with van der Waals surface area (Å²) in [4.78, 5) is 11.5. The summed E-state index contributed by atoms with van der Waals surface area (Å²) in [6.45, 7) is 0. The molecule has 2 rings (SSSR count). The summed E-state index contributed by atoms with van der Waals surface area (Å²) in [5, 5.41) is 19.5. The van der Waals surface area contributed by atoms with E-state index in [9.17, 15) is 15.0 Å². The van der Waals surface area contributed by atoms with Crippen molar-refractivity contribution in [3.8, 4) is 17.2 Å². The van der Waals surface area contributed by atoms with E-state index in [-0.39, 0.29) is 17.1 Å². The van der Waals surface area contributed by atoms with Crippen molar-refractivity contribution in [1.29, 1.82) is 0 Å². The predicted octanol–water partition coefficient (Wildman–Crippen LogP) is 3.03. The number of aliphatic carboxylic acids is 1. The first-order chi connectivity index (χ1) is 10.6. The average Bonchev–Trinajstić information content (AvgIpc) is 2.53. The fraction of sp³-hybridized carbons (Fsp3) is 0.118. The lowest BCUT2D eigenvalue weighted by Crippen LogP contribution is -2.00. The summed E-state index contributed by atoms with van der Waals surface area (Å²) in [5.74, 6) is -0.370. The number of phenolic OH excluding ortho intramolecular Hbond substituents is 1. The van der Waals surface area contributed by atoms with E-state index in [1.54, 1.807) is 42.5 Å². The van der Waals surface area contributed by atoms with Crippen molar-refractivity contribution in [3.05, 3.63) is 53.6 Å². The highest BCUT2D eigenvalue weighted by Gasteiger charge is 2.14. The fourth-order valence-corrected chi connectivity index (χ4v) is 2.04. The van der Waals surface area contributed by atoms with Gasteiger partial charge in [-0.25, -0.2) is 4.79 Å². The van der Waals surface area contributed by atoms with E-state index < -0.39 is 5.97 Å². The Hall–Kier alpha value is -2.95. The van der Waals surface area contributed by atoms with Gasteiger partial charge in [0.2, 0.25) is 0 Å². The topological polar surface area (TPSA) is 76.0 Å². The van der Waals surface area contributed by atoms with Gasteiger partial charge < -0.3 is 19.7 Å². The van der Waals surface area contributed by atoms with Crippen molar-refractivity contribution in [1.82, 2.24) is 0 Å². The third-order valence-corrected chi connectivity index (χ3v) is 3.16. The Balaban J connectivity index is 2.54. The third kappa shape index (κ3) is 3.20. The summed E-state index contributed by atoms with van der Waals surface area (Å²) in [6.07, 6.45) is 1.40. The Morgan fingerprint density at radius 1 is 1.09 bits per heavy atom. The molecule has 0 aliphatic heterocycles. The molecule has 0 unspecified atom stereocenters. The minimum Gasteiger partial charge on any atom is -0.504 e. The Morgan fingerprint density at radius 3 is 2.45 bits per heavy atom. The van der Waals surface area contributed by atoms with Gasteiger partial charge in [-0.1, -0.05) is 24.3 Å². The maximum absolute atomic E-state index is 11.5. The Labute approximate surface area is 128 Å². The first-order valence-electron chi connectivity index (χ1n) is 6.52. The molecule has 5 nitrogen and oxygen atoms in total. The Bertz CT molecular complexity index is 719. The number of rotatable bonds is 5. The van der Waals surface area contributed by atoms with Gasteiger partial charge in [0, 0.05) is 5.56 Å². The van der Waals surface area contributed by atoms with Gasteiger partial charge in [-0.05, 0) is 29.8 Å². The van der Waals surface area contributed by atoms with Crippen LogP contribution in [0.1, 0.15) is 11.1 Å². The second kappa shape index (κ2) is 6.67. The van der Waals surface area contributed by atoms with Gasteiger partial charge in [-0.2, -0.15) is 0 Å². The van der Waals surface area contributed by atoms with Gasteiger partial charge in [0.1, 0.15) is 5.75 Å². The number of carboxylic acid groups (broad SMARTS) is 1. The number of methoxy groups -OCH3 is 2. The average molecular weight is 300 g/mol. The SMILES string of the molecule is COc1cccc(/C(=C/c2cccc(OC)c2O)C(=O)O)c1. The molecule has 2 N–H and O–H groups in total. The second-order valence-corrected chi connectivity index (χ2v) is 4.49. The van der Waals surface area contributed by atoms with Gasteiger partial charge in [0.25, 0.3) is 0 Å². The summed E-state index contributed by atoms with van der Waals surface area (Å²) in [6, 6.07) is 11.6. The molecule has 0 aromatic heterocycles. The maximum Gasteiger partial charge on any atom is 0.336 e. The van der Waals surface area contributed by atoms with E-state index in [2.05, 4.69) is 0 Å². The van der Waals surface area contributed by atoms with Crippen molar-refractivity contribution >= 4 is 17.6 Å². The predicted molar refractivity (Wildman–Crippen MR) is 83.2 cm³/mol. The quantitative estimate of drug-likeness (QED) is 0.655. The molecular weight excluding hydrogens is 284 g/mol. The van der Waals surface area contributed by atoms with E-state index in [4.69, 9.17) is 9.47 Å². The third-order valence-electron chi connectivity index (χ3n) is 3.16. The van der Waals surface area contributed by atoms with Crippen molar-refractivity contribution in [2.45, 2.75) is 0 Å². The molecule has 0 radical (unpaired) electrons. The smallest absolute Gasteiger partial charge is 0.336 e. The molecule has 2 aromatic carbocycles. The number of hydrogen-bond acceptors (Lipinski definition) is 4. The Kier molecular flexibility index (Phi) is 4.68. The van der Waals surface area contributed by atoms with Gasteiger partial charge in [-0.15, -0.1) is 0 Å². The minimum absolute atomic E-state index is 0.0439. The zero-order valence-electron chi connectivity index (χ0n) is 12.2. The highest BCUT2D eigenvalue weighted by Crippen LogP contribution is 2.32. The van der Waals surface area contributed by atoms with Crippen LogP contribution in [-0.4, -0.2) is 30.4 Å². The summed E-state index contributed by atoms with van der Waals surface area (Å²) < 4.78 is 10.1. The molecule has 2 aromatic rings. The molecule has 22 heavy (non-hydrogen) atoms. The van der Waals surface area contributed by atoms with Gasteiger partial charge >= 0.3 is 5.97 Å². The van der Waals surface area contributed by atoms with Crippen molar-refractivity contribution in [3.63, 3.8) is 0 Å². The van der Waals surface area contributed by atoms with E-state index in [1.165, 1.54) is 20.3 Å². The van der Waals surface area contributed by atoms with Crippen molar-refractivity contribution in [2.75, 3.05) is 14.2 Å². The number of phenols is 1. The molecule has 0 saturated carbocycles. The molecule has 114 valence electrons. The number of hydrogen-bond donors (Lipinski definition) is 2. The van der Waals surface area contributed by atoms with Crippen LogP contribution in [0.4, 0.5) is 0 Å². The molecule has 0 bridgehead atoms. The van der Waals surface area contributed by atoms with Crippen LogP contribution < -0.4 is 9.47 Å². The van der Waals surface area contributed by atoms with Crippen LogP contribution in [0.2, 0.25) is 0 Å². The number of para-hydroxylation sites is 1. The van der Waals surface area contributed by atoms with E-state index in [0.717, 1.165) is 0 Å². The van der Waals surface area contributed by atoms with Crippen LogP contribution in [0.25, 0.3) is 11.6 Å². The molecule has 0 atom stereocenters. The number of carboxylic acids is 1. The monoisotopic (exact) mass is 300 g/mol. The van der Waals surface area contributed by atoms with Crippen LogP contribution in [0.5, 0.6) is 17.2 Å². The molecule has 0 aliphatic rings. The zero-order chi connectivity index (χ0) is 16.1. The molecule has 0 spiro atoms. The van der Waals surface area contributed by atoms with Gasteiger partial charge in [0.05, 0.1) is 19.8 Å². The molecule has 0 saturated heterocycles. The molecular formula is C17H16O5. The van der Waals surface area contributed by atoms with E-state index >= 15 is 0 Å². The minimum atomic E-state index is -1.10. The first-order valence-corrected chi connectivity index (χ1v) is 6.52. The highest BCUT2D eigenvalue weighted by atomic mass is 16.5. The normalized spacial score (nSPS) is 11.1. The van der Waals surface area contributed by atoms with Crippen LogP contribution in [-0.2, 0) is 4.79 Å². The van der Waals surface area contributed by atoms with Crippen LogP contribution in [0, 0.1) is 0 Å². The Morgan fingerprint density at radius 2 is 1.82 bits per heavy atom. The summed E-state index contributed by atoms with van der Waals surface area (Å²) in [5.41, 5.74) is 0.885. The van der Waals surface area contributed by atoms with Crippen LogP contribution in [0.15, 0.2) is 42.5 Å². The van der Waals surface area contributed by atoms with Crippen molar-refractivity contribution < 1.29 is 24.5 Å². The summed E-state index contributed by atoms with van der Waals surface area (Å²) in [7, 11) is 2.94. The maximum atomic E-state index is 11.5. The van der Waals surface area contributed by atoms with E-state index in [0.29, 0.717) is 16.9 Å². The lowest BCUT2D eigenvalue weighted by Gasteiger charge is -2.08. The molecule has 0 heterocycles. The number of ether oxygens (including phenoxy) is 2. The lowest BCUT2D eigenvalue weighted by atomic mass is 10.0. The number of benzene rings is 2. The fourth-order valence-electron chi connectivity index (χ4n) is 2.04. The zero-order valence-corrected chi connectivity index (χ0v) is 12.2. The second-order valence-electron chi connectivity index (χ2n) is 4.49. The summed E-state index contributed by atoms with van der Waals surface area (Å²) >= 11 is 0. The van der Waals surface area contributed by atoms with E-state index in [1.807, 2.05) is 0 Å². The standard InChI is InChI=1S/C17H16O5/c1-21-13-7-3-5-11(9-13)14(17(19)20)10-12-6-4-8-15(22-2)16(12)18/h3-10,18H,1-2H3,(H,19,20)/b14-10-. The van der Waals surface area contributed by atoms with Crippen LogP contribution in [0.3, 0.4) is 0 Å². The van der Waals surface area contributed by atoms with Gasteiger partial charge in [0.15, 0.2) is 11.5 Å². The first kappa shape index (κ1) is 15.4. The molecule has 0 fully saturated rings. The number of carbonyl (C=O) groups is 1. The number of aromatic hydroxyl groups is 1. The molecule has 5 heteroatoms. The molecule has 0 aliphatic carbocycles. The lowest BCUT2D eigenvalue weighted by molar-refractivity contribution is -0.130. The van der Waals surface area contributed by atoms with Gasteiger partial charge in [-0.3, -0.25) is 0 Å². The largest absolute Gasteiger partial charge is 0.504 e.